The third-order valence-corrected chi connectivity index (χ3v) is 3.31. The topological polar surface area (TPSA) is 29.5 Å². The van der Waals surface area contributed by atoms with Crippen LogP contribution in [0.15, 0.2) is 22.7 Å². The number of carbonyl (C=O) groups is 1. The SMILES string of the molecule is CC(=O)c1ccc(N(C)CCOC(C)C)cc1Br. The number of nitrogens with zero attached hydrogens (tertiary/aromatic N) is 1. The molecule has 0 saturated carbocycles. The predicted molar refractivity (Wildman–Crippen MR) is 78.5 cm³/mol. The van der Waals surface area contributed by atoms with Gasteiger partial charge in [0.05, 0.1) is 12.7 Å². The molecule has 0 unspecified atom stereocenters. The number of carbonyl (C=O) groups excluding carboxylic acids is 1. The highest BCUT2D eigenvalue weighted by Crippen LogP contribution is 2.23. The maximum atomic E-state index is 11.3. The molecule has 0 aliphatic rings. The van der Waals surface area contributed by atoms with E-state index in [1.165, 1.54) is 0 Å². The number of anilines is 1. The van der Waals surface area contributed by atoms with Crippen molar-refractivity contribution < 1.29 is 9.53 Å². The Morgan fingerprint density at radius 1 is 1.44 bits per heavy atom. The zero-order chi connectivity index (χ0) is 13.7. The second kappa shape index (κ2) is 6.90. The molecule has 1 rings (SSSR count). The molecule has 0 spiro atoms. The van der Waals surface area contributed by atoms with Gasteiger partial charge in [-0.25, -0.2) is 0 Å². The molecule has 1 aromatic rings. The molecule has 0 bridgehead atoms. The van der Waals surface area contributed by atoms with E-state index in [-0.39, 0.29) is 11.9 Å². The van der Waals surface area contributed by atoms with Gasteiger partial charge in [-0.1, -0.05) is 0 Å². The minimum absolute atomic E-state index is 0.0687. The van der Waals surface area contributed by atoms with Gasteiger partial charge in [0.25, 0.3) is 0 Å². The second-order valence-electron chi connectivity index (χ2n) is 4.56. The van der Waals surface area contributed by atoms with Crippen LogP contribution in [0.25, 0.3) is 0 Å². The van der Waals surface area contributed by atoms with E-state index in [9.17, 15) is 4.79 Å². The lowest BCUT2D eigenvalue weighted by molar-refractivity contribution is 0.0846. The monoisotopic (exact) mass is 313 g/mol. The van der Waals surface area contributed by atoms with Gasteiger partial charge in [0.15, 0.2) is 5.78 Å². The summed E-state index contributed by atoms with van der Waals surface area (Å²) in [5, 5.41) is 0. The Balaban J connectivity index is 2.66. The minimum atomic E-state index is 0.0687. The zero-order valence-corrected chi connectivity index (χ0v) is 13.0. The summed E-state index contributed by atoms with van der Waals surface area (Å²) in [5.74, 6) is 0.0687. The maximum absolute atomic E-state index is 11.3. The highest BCUT2D eigenvalue weighted by atomic mass is 79.9. The van der Waals surface area contributed by atoms with Crippen LogP contribution in [-0.4, -0.2) is 32.1 Å². The third-order valence-electron chi connectivity index (χ3n) is 2.65. The average Bonchev–Trinajstić information content (AvgIpc) is 2.27. The summed E-state index contributed by atoms with van der Waals surface area (Å²) in [5.41, 5.74) is 1.78. The first-order valence-corrected chi connectivity index (χ1v) is 6.84. The van der Waals surface area contributed by atoms with Gasteiger partial charge in [-0.05, 0) is 54.9 Å². The van der Waals surface area contributed by atoms with Crippen LogP contribution < -0.4 is 4.90 Å². The van der Waals surface area contributed by atoms with E-state index in [2.05, 4.69) is 20.8 Å². The summed E-state index contributed by atoms with van der Waals surface area (Å²) in [7, 11) is 2.01. The van der Waals surface area contributed by atoms with Crippen molar-refractivity contribution in [1.29, 1.82) is 0 Å². The Morgan fingerprint density at radius 2 is 2.11 bits per heavy atom. The third kappa shape index (κ3) is 4.42. The van der Waals surface area contributed by atoms with Gasteiger partial charge in [-0.3, -0.25) is 4.79 Å². The van der Waals surface area contributed by atoms with Crippen LogP contribution in [0, 0.1) is 0 Å². The first-order valence-electron chi connectivity index (χ1n) is 6.05. The number of halogens is 1. The second-order valence-corrected chi connectivity index (χ2v) is 5.42. The average molecular weight is 314 g/mol. The molecule has 1 aromatic carbocycles. The van der Waals surface area contributed by atoms with Crippen molar-refractivity contribution in [2.45, 2.75) is 26.9 Å². The number of Topliss-reactive ketones (excluding diaryl/α,β-unsaturated/α-hetero) is 1. The summed E-state index contributed by atoms with van der Waals surface area (Å²) < 4.78 is 6.36. The Morgan fingerprint density at radius 3 is 2.61 bits per heavy atom. The largest absolute Gasteiger partial charge is 0.377 e. The number of benzene rings is 1. The van der Waals surface area contributed by atoms with Crippen LogP contribution >= 0.6 is 15.9 Å². The number of likely N-dealkylation sites (N-methyl/N-ethyl adjacent to an activating group) is 1. The molecule has 4 heteroatoms. The van der Waals surface area contributed by atoms with Gasteiger partial charge in [-0.15, -0.1) is 0 Å². The molecule has 0 atom stereocenters. The van der Waals surface area contributed by atoms with Gasteiger partial charge < -0.3 is 9.64 Å². The van der Waals surface area contributed by atoms with E-state index in [0.717, 1.165) is 16.7 Å². The number of rotatable bonds is 6. The molecule has 100 valence electrons. The summed E-state index contributed by atoms with van der Waals surface area (Å²) in [6.07, 6.45) is 0.255. The molecular formula is C14H20BrNO2. The Kier molecular flexibility index (Phi) is 5.82. The number of hydrogen-bond acceptors (Lipinski definition) is 3. The standard InChI is InChI=1S/C14H20BrNO2/c1-10(2)18-8-7-16(4)12-5-6-13(11(3)17)14(15)9-12/h5-6,9-10H,7-8H2,1-4H3. The van der Waals surface area contributed by atoms with E-state index in [1.807, 2.05) is 39.1 Å². The van der Waals surface area contributed by atoms with Crippen LogP contribution in [0.2, 0.25) is 0 Å². The van der Waals surface area contributed by atoms with Crippen molar-refractivity contribution in [3.8, 4) is 0 Å². The molecule has 0 radical (unpaired) electrons. The summed E-state index contributed by atoms with van der Waals surface area (Å²) in [6.45, 7) is 7.14. The lowest BCUT2D eigenvalue weighted by Gasteiger charge is -2.20. The van der Waals surface area contributed by atoms with E-state index < -0.39 is 0 Å². The lowest BCUT2D eigenvalue weighted by atomic mass is 10.1. The Hall–Kier alpha value is -0.870. The summed E-state index contributed by atoms with van der Waals surface area (Å²) >= 11 is 3.43. The highest BCUT2D eigenvalue weighted by molar-refractivity contribution is 9.10. The van der Waals surface area contributed by atoms with Gasteiger partial charge >= 0.3 is 0 Å². The normalized spacial score (nSPS) is 10.8. The van der Waals surface area contributed by atoms with Crippen molar-refractivity contribution in [3.63, 3.8) is 0 Å². The van der Waals surface area contributed by atoms with Gasteiger partial charge in [0.1, 0.15) is 0 Å². The highest BCUT2D eigenvalue weighted by Gasteiger charge is 2.08. The molecule has 0 aromatic heterocycles. The van der Waals surface area contributed by atoms with E-state index >= 15 is 0 Å². The van der Waals surface area contributed by atoms with E-state index in [1.54, 1.807) is 6.92 Å². The fraction of sp³-hybridized carbons (Fsp3) is 0.500. The van der Waals surface area contributed by atoms with E-state index in [0.29, 0.717) is 12.2 Å². The molecule has 0 aliphatic heterocycles. The Bertz CT molecular complexity index is 418. The number of ketones is 1. The predicted octanol–water partition coefficient (Wildman–Crippen LogP) is 3.51. The number of hydrogen-bond donors (Lipinski definition) is 0. The Labute approximate surface area is 117 Å². The molecule has 0 heterocycles. The molecule has 0 amide bonds. The molecular weight excluding hydrogens is 294 g/mol. The number of ether oxygens (including phenoxy) is 1. The fourth-order valence-corrected chi connectivity index (χ4v) is 2.23. The van der Waals surface area contributed by atoms with E-state index in [4.69, 9.17) is 4.74 Å². The molecule has 0 fully saturated rings. The van der Waals surface area contributed by atoms with Crippen molar-refractivity contribution in [2.75, 3.05) is 25.1 Å². The first-order chi connectivity index (χ1) is 8.41. The van der Waals surface area contributed by atoms with Crippen molar-refractivity contribution in [3.05, 3.63) is 28.2 Å². The summed E-state index contributed by atoms with van der Waals surface area (Å²) in [6, 6.07) is 5.77. The van der Waals surface area contributed by atoms with Crippen molar-refractivity contribution in [1.82, 2.24) is 0 Å². The smallest absolute Gasteiger partial charge is 0.160 e. The quantitative estimate of drug-likeness (QED) is 0.753. The zero-order valence-electron chi connectivity index (χ0n) is 11.4. The van der Waals surface area contributed by atoms with Gasteiger partial charge in [0.2, 0.25) is 0 Å². The lowest BCUT2D eigenvalue weighted by Crippen LogP contribution is -2.23. The molecule has 0 N–H and O–H groups in total. The van der Waals surface area contributed by atoms with Crippen LogP contribution in [-0.2, 0) is 4.74 Å². The molecule has 3 nitrogen and oxygen atoms in total. The van der Waals surface area contributed by atoms with Crippen LogP contribution in [0.5, 0.6) is 0 Å². The molecule has 18 heavy (non-hydrogen) atoms. The first kappa shape index (κ1) is 15.2. The fourth-order valence-electron chi connectivity index (χ4n) is 1.58. The maximum Gasteiger partial charge on any atom is 0.160 e. The molecule has 0 aliphatic carbocycles. The molecule has 0 saturated heterocycles. The van der Waals surface area contributed by atoms with Gasteiger partial charge in [0, 0.05) is 29.3 Å². The van der Waals surface area contributed by atoms with Gasteiger partial charge in [-0.2, -0.15) is 0 Å². The van der Waals surface area contributed by atoms with Crippen LogP contribution in [0.4, 0.5) is 5.69 Å². The van der Waals surface area contributed by atoms with Crippen molar-refractivity contribution >= 4 is 27.4 Å². The van der Waals surface area contributed by atoms with Crippen LogP contribution in [0.1, 0.15) is 31.1 Å². The van der Waals surface area contributed by atoms with Crippen LogP contribution in [0.3, 0.4) is 0 Å². The minimum Gasteiger partial charge on any atom is -0.377 e. The summed E-state index contributed by atoms with van der Waals surface area (Å²) in [4.78, 5) is 13.4. The van der Waals surface area contributed by atoms with Crippen molar-refractivity contribution in [2.24, 2.45) is 0 Å².